The molecule has 0 unspecified atom stereocenters. The normalized spacial score (nSPS) is 12.2. The third-order valence-corrected chi connectivity index (χ3v) is 3.38. The molecule has 0 aliphatic rings. The molecule has 0 aliphatic heterocycles. The van der Waals surface area contributed by atoms with E-state index in [2.05, 4.69) is 10.4 Å². The number of hydrogen-bond acceptors (Lipinski definition) is 4. The number of hydrogen-bond donors (Lipinski definition) is 2. The average Bonchev–Trinajstić information content (AvgIpc) is 2.87. The summed E-state index contributed by atoms with van der Waals surface area (Å²) in [6.45, 7) is 2.10. The summed E-state index contributed by atoms with van der Waals surface area (Å²) >= 11 is 6.15. The van der Waals surface area contributed by atoms with Gasteiger partial charge in [-0.2, -0.15) is 5.10 Å². The van der Waals surface area contributed by atoms with E-state index in [-0.39, 0.29) is 24.8 Å². The Labute approximate surface area is 133 Å². The fraction of sp³-hybridized carbons (Fsp3) is 0.333. The van der Waals surface area contributed by atoms with Crippen LogP contribution in [0.1, 0.15) is 16.2 Å². The van der Waals surface area contributed by atoms with E-state index in [9.17, 15) is 9.90 Å². The van der Waals surface area contributed by atoms with Crippen molar-refractivity contribution in [3.05, 3.63) is 46.7 Å². The van der Waals surface area contributed by atoms with Crippen LogP contribution in [0.4, 0.5) is 0 Å². The minimum atomic E-state index is -0.749. The summed E-state index contributed by atoms with van der Waals surface area (Å²) in [5.74, 6) is -0.357. The molecule has 1 atom stereocenters. The molecule has 0 fully saturated rings. The number of amides is 1. The molecule has 2 rings (SSSR count). The molecule has 0 spiro atoms. The molecule has 6 nitrogen and oxygen atoms in total. The van der Waals surface area contributed by atoms with E-state index < -0.39 is 6.10 Å². The summed E-state index contributed by atoms with van der Waals surface area (Å²) < 4.78 is 6.41. The molecule has 22 heavy (non-hydrogen) atoms. The van der Waals surface area contributed by atoms with Gasteiger partial charge < -0.3 is 15.2 Å². The molecule has 1 amide bonds. The molecule has 1 aromatic heterocycles. The highest BCUT2D eigenvalue weighted by Crippen LogP contribution is 2.21. The van der Waals surface area contributed by atoms with Crippen molar-refractivity contribution >= 4 is 17.5 Å². The maximum atomic E-state index is 12.1. The first-order valence-corrected chi connectivity index (χ1v) is 7.17. The number of aliphatic hydroxyl groups is 1. The number of halogens is 1. The number of para-hydroxylation sites is 1. The van der Waals surface area contributed by atoms with Crippen molar-refractivity contribution in [3.63, 3.8) is 0 Å². The molecular formula is C15H18ClN3O3. The predicted octanol–water partition coefficient (Wildman–Crippen LogP) is 1.57. The first kappa shape index (κ1) is 16.5. The van der Waals surface area contributed by atoms with E-state index in [1.165, 1.54) is 7.11 Å². The molecule has 2 N–H and O–H groups in total. The number of methoxy groups -OCH3 is 1. The molecule has 118 valence electrons. The first-order chi connectivity index (χ1) is 10.5. The quantitative estimate of drug-likeness (QED) is 0.846. The van der Waals surface area contributed by atoms with Gasteiger partial charge in [0.1, 0.15) is 0 Å². The van der Waals surface area contributed by atoms with Gasteiger partial charge in [0.05, 0.1) is 23.4 Å². The Bertz CT molecular complexity index is 657. The van der Waals surface area contributed by atoms with Crippen molar-refractivity contribution in [1.82, 2.24) is 15.1 Å². The van der Waals surface area contributed by atoms with Gasteiger partial charge in [0, 0.05) is 19.3 Å². The van der Waals surface area contributed by atoms with Gasteiger partial charge in [0.15, 0.2) is 5.69 Å². The number of aromatic nitrogens is 2. The maximum absolute atomic E-state index is 12.1. The van der Waals surface area contributed by atoms with E-state index in [1.807, 2.05) is 25.1 Å². The zero-order valence-corrected chi connectivity index (χ0v) is 13.2. The second-order valence-corrected chi connectivity index (χ2v) is 5.26. The monoisotopic (exact) mass is 323 g/mol. The van der Waals surface area contributed by atoms with Crippen LogP contribution in [0.15, 0.2) is 30.3 Å². The van der Waals surface area contributed by atoms with Gasteiger partial charge in [0.25, 0.3) is 5.91 Å². The van der Waals surface area contributed by atoms with Crippen LogP contribution >= 0.6 is 11.6 Å². The van der Waals surface area contributed by atoms with Gasteiger partial charge in [-0.15, -0.1) is 0 Å². The lowest BCUT2D eigenvalue weighted by molar-refractivity contribution is 0.0608. The number of benzene rings is 1. The summed E-state index contributed by atoms with van der Waals surface area (Å²) in [6, 6.07) is 8.94. The van der Waals surface area contributed by atoms with E-state index in [0.29, 0.717) is 10.7 Å². The summed E-state index contributed by atoms with van der Waals surface area (Å²) in [5, 5.41) is 17.0. The van der Waals surface area contributed by atoms with E-state index >= 15 is 0 Å². The largest absolute Gasteiger partial charge is 0.389 e. The maximum Gasteiger partial charge on any atom is 0.271 e. The third kappa shape index (κ3) is 3.85. The summed E-state index contributed by atoms with van der Waals surface area (Å²) in [7, 11) is 1.49. The van der Waals surface area contributed by atoms with Crippen molar-refractivity contribution in [2.45, 2.75) is 13.0 Å². The van der Waals surface area contributed by atoms with Crippen molar-refractivity contribution in [2.75, 3.05) is 20.3 Å². The number of aryl methyl sites for hydroxylation is 1. The van der Waals surface area contributed by atoms with Gasteiger partial charge in [0.2, 0.25) is 0 Å². The summed E-state index contributed by atoms with van der Waals surface area (Å²) in [5.41, 5.74) is 1.76. The zero-order chi connectivity index (χ0) is 16.1. The Morgan fingerprint density at radius 1 is 1.50 bits per heavy atom. The van der Waals surface area contributed by atoms with Crippen LogP contribution < -0.4 is 5.32 Å². The molecule has 2 aromatic rings. The minimum Gasteiger partial charge on any atom is -0.389 e. The Kier molecular flexibility index (Phi) is 5.54. The molecule has 1 aromatic carbocycles. The highest BCUT2D eigenvalue weighted by molar-refractivity contribution is 6.32. The fourth-order valence-corrected chi connectivity index (χ4v) is 2.22. The summed E-state index contributed by atoms with van der Waals surface area (Å²) in [4.78, 5) is 12.1. The van der Waals surface area contributed by atoms with Gasteiger partial charge in [-0.25, -0.2) is 4.68 Å². The first-order valence-electron chi connectivity index (χ1n) is 6.79. The molecule has 7 heteroatoms. The SMILES string of the molecule is COC[C@@H](O)CNC(=O)c1cc(C)n(-c2ccccc2Cl)n1. The zero-order valence-electron chi connectivity index (χ0n) is 12.4. The van der Waals surface area contributed by atoms with Crippen LogP contribution in [-0.2, 0) is 4.74 Å². The number of rotatable bonds is 6. The minimum absolute atomic E-state index is 0.102. The molecular weight excluding hydrogens is 306 g/mol. The van der Waals surface area contributed by atoms with Crippen LogP contribution in [-0.4, -0.2) is 47.2 Å². The van der Waals surface area contributed by atoms with E-state index in [1.54, 1.807) is 16.8 Å². The standard InChI is InChI=1S/C15H18ClN3O3/c1-10-7-13(15(21)17-8-11(20)9-22-2)18-19(10)14-6-4-3-5-12(14)16/h3-7,11,20H,8-9H2,1-2H3,(H,17,21)/t11-/m0/s1. The van der Waals surface area contributed by atoms with Gasteiger partial charge in [-0.05, 0) is 25.1 Å². The third-order valence-electron chi connectivity index (χ3n) is 3.06. The molecule has 0 saturated heterocycles. The van der Waals surface area contributed by atoms with Crippen molar-refractivity contribution in [1.29, 1.82) is 0 Å². The van der Waals surface area contributed by atoms with Crippen LogP contribution in [0.3, 0.4) is 0 Å². The van der Waals surface area contributed by atoms with Gasteiger partial charge in [-0.3, -0.25) is 4.79 Å². The lowest BCUT2D eigenvalue weighted by atomic mass is 10.3. The van der Waals surface area contributed by atoms with Crippen molar-refractivity contribution < 1.29 is 14.6 Å². The Balaban J connectivity index is 2.13. The molecule has 0 aliphatic carbocycles. The lowest BCUT2D eigenvalue weighted by Gasteiger charge is -2.09. The number of carbonyl (C=O) groups is 1. The average molecular weight is 324 g/mol. The van der Waals surface area contributed by atoms with Crippen LogP contribution in [0.2, 0.25) is 5.02 Å². The van der Waals surface area contributed by atoms with Crippen molar-refractivity contribution in [3.8, 4) is 5.69 Å². The van der Waals surface area contributed by atoms with Crippen molar-refractivity contribution in [2.24, 2.45) is 0 Å². The summed E-state index contributed by atoms with van der Waals surface area (Å²) in [6.07, 6.45) is -0.749. The molecule has 0 radical (unpaired) electrons. The Morgan fingerprint density at radius 2 is 2.23 bits per heavy atom. The van der Waals surface area contributed by atoms with Gasteiger partial charge in [-0.1, -0.05) is 23.7 Å². The molecule has 1 heterocycles. The Morgan fingerprint density at radius 3 is 2.91 bits per heavy atom. The van der Waals surface area contributed by atoms with Crippen LogP contribution in [0.25, 0.3) is 5.69 Å². The molecule has 0 bridgehead atoms. The molecule has 0 saturated carbocycles. The fourth-order valence-electron chi connectivity index (χ4n) is 2.01. The lowest BCUT2D eigenvalue weighted by Crippen LogP contribution is -2.34. The topological polar surface area (TPSA) is 76.4 Å². The van der Waals surface area contributed by atoms with E-state index in [0.717, 1.165) is 5.69 Å². The van der Waals surface area contributed by atoms with Crippen LogP contribution in [0.5, 0.6) is 0 Å². The smallest absolute Gasteiger partial charge is 0.271 e. The van der Waals surface area contributed by atoms with E-state index in [4.69, 9.17) is 16.3 Å². The highest BCUT2D eigenvalue weighted by Gasteiger charge is 2.15. The number of nitrogens with zero attached hydrogens (tertiary/aromatic N) is 2. The second-order valence-electron chi connectivity index (χ2n) is 4.85. The van der Waals surface area contributed by atoms with Crippen LogP contribution in [0, 0.1) is 6.92 Å². The van der Waals surface area contributed by atoms with Gasteiger partial charge >= 0.3 is 0 Å². The second kappa shape index (κ2) is 7.40. The Hall–Kier alpha value is -1.89. The number of ether oxygens (including phenoxy) is 1. The number of carbonyl (C=O) groups excluding carboxylic acids is 1. The predicted molar refractivity (Wildman–Crippen MR) is 83.5 cm³/mol. The number of aliphatic hydroxyl groups excluding tert-OH is 1. The number of nitrogens with one attached hydrogen (secondary N) is 1. The highest BCUT2D eigenvalue weighted by atomic mass is 35.5.